The van der Waals surface area contributed by atoms with Crippen molar-refractivity contribution < 1.29 is 4.79 Å². The molecule has 0 N–H and O–H groups in total. The van der Waals surface area contributed by atoms with Gasteiger partial charge in [-0.1, -0.05) is 23.7 Å². The predicted molar refractivity (Wildman–Crippen MR) is 78.7 cm³/mol. The molecule has 96 valence electrons. The van der Waals surface area contributed by atoms with E-state index < -0.39 is 0 Å². The van der Waals surface area contributed by atoms with Crippen molar-refractivity contribution in [2.45, 2.75) is 20.3 Å². The van der Waals surface area contributed by atoms with Gasteiger partial charge in [-0.2, -0.15) is 0 Å². The molecule has 2 nitrogen and oxygen atoms in total. The minimum absolute atomic E-state index is 0.135. The Hall–Kier alpha value is -0.800. The largest absolute Gasteiger partial charge is 0.339 e. The van der Waals surface area contributed by atoms with Gasteiger partial charge in [0.2, 0.25) is 5.91 Å². The fourth-order valence-electron chi connectivity index (χ4n) is 2.13. The summed E-state index contributed by atoms with van der Waals surface area (Å²) in [4.78, 5) is 13.1. The van der Waals surface area contributed by atoms with Crippen molar-refractivity contribution in [1.82, 2.24) is 4.90 Å². The summed E-state index contributed by atoms with van der Waals surface area (Å²) >= 11 is 9.64. The van der Waals surface area contributed by atoms with E-state index in [1.807, 2.05) is 17.9 Å². The lowest BCUT2D eigenvalue weighted by Crippen LogP contribution is -2.32. The van der Waals surface area contributed by atoms with Crippen molar-refractivity contribution in [2.75, 3.05) is 13.1 Å². The molecule has 1 aliphatic heterocycles. The Kier molecular flexibility index (Phi) is 4.13. The highest BCUT2D eigenvalue weighted by Crippen LogP contribution is 2.32. The van der Waals surface area contributed by atoms with Gasteiger partial charge in [-0.15, -0.1) is 0 Å². The zero-order chi connectivity index (χ0) is 13.3. The molecule has 0 spiro atoms. The van der Waals surface area contributed by atoms with Gasteiger partial charge in [-0.25, -0.2) is 0 Å². The van der Waals surface area contributed by atoms with E-state index in [0.29, 0.717) is 6.54 Å². The number of hydrogen-bond acceptors (Lipinski definition) is 1. The smallest absolute Gasteiger partial charge is 0.219 e. The normalized spacial score (nSPS) is 15.6. The summed E-state index contributed by atoms with van der Waals surface area (Å²) in [6.07, 6.45) is 3.00. The molecule has 1 aromatic rings. The molecule has 0 atom stereocenters. The number of nitrogens with zero attached hydrogens (tertiary/aromatic N) is 1. The number of carbonyl (C=O) groups excluding carboxylic acids is 1. The summed E-state index contributed by atoms with van der Waals surface area (Å²) in [7, 11) is 0. The monoisotopic (exact) mass is 327 g/mol. The van der Waals surface area contributed by atoms with E-state index in [0.717, 1.165) is 33.6 Å². The molecule has 1 aromatic carbocycles. The van der Waals surface area contributed by atoms with Gasteiger partial charge in [0.15, 0.2) is 0 Å². The second-order valence-electron chi connectivity index (χ2n) is 4.53. The third-order valence-corrected chi connectivity index (χ3v) is 4.81. The summed E-state index contributed by atoms with van der Waals surface area (Å²) < 4.78 is 0.953. The van der Waals surface area contributed by atoms with Crippen LogP contribution >= 0.6 is 27.5 Å². The van der Waals surface area contributed by atoms with Crippen LogP contribution in [0.25, 0.3) is 5.57 Å². The first-order chi connectivity index (χ1) is 8.49. The first-order valence-corrected chi connectivity index (χ1v) is 7.06. The highest BCUT2D eigenvalue weighted by Gasteiger charge is 2.15. The molecule has 2 rings (SSSR count). The zero-order valence-electron chi connectivity index (χ0n) is 10.5. The molecule has 0 fully saturated rings. The molecule has 0 saturated heterocycles. The van der Waals surface area contributed by atoms with Crippen LogP contribution in [0.15, 0.2) is 22.7 Å². The Labute approximate surface area is 121 Å². The first kappa shape index (κ1) is 13.6. The number of hydrogen-bond donors (Lipinski definition) is 0. The Balaban J connectivity index is 2.26. The number of halogens is 2. The molecular formula is C14H15BrClNO. The van der Waals surface area contributed by atoms with Crippen LogP contribution in [0.1, 0.15) is 24.5 Å². The maximum absolute atomic E-state index is 11.3. The topological polar surface area (TPSA) is 20.3 Å². The van der Waals surface area contributed by atoms with Gasteiger partial charge in [-0.3, -0.25) is 4.79 Å². The van der Waals surface area contributed by atoms with Crippen molar-refractivity contribution in [3.05, 3.63) is 38.8 Å². The van der Waals surface area contributed by atoms with Crippen molar-refractivity contribution >= 4 is 39.0 Å². The van der Waals surface area contributed by atoms with Crippen LogP contribution in [-0.4, -0.2) is 23.9 Å². The van der Waals surface area contributed by atoms with Crippen LogP contribution in [0.4, 0.5) is 0 Å². The minimum atomic E-state index is 0.135. The molecule has 0 aliphatic carbocycles. The van der Waals surface area contributed by atoms with E-state index in [4.69, 9.17) is 11.6 Å². The SMILES string of the molecule is CC(=O)N1CC=C(c2cc(C)c(Br)c(Cl)c2)CC1. The summed E-state index contributed by atoms with van der Waals surface area (Å²) in [5, 5.41) is 0.736. The Morgan fingerprint density at radius 3 is 2.67 bits per heavy atom. The molecule has 1 aliphatic rings. The second kappa shape index (κ2) is 5.45. The van der Waals surface area contributed by atoms with E-state index in [1.54, 1.807) is 6.92 Å². The Bertz CT molecular complexity index is 502. The van der Waals surface area contributed by atoms with Gasteiger partial charge in [0.25, 0.3) is 0 Å². The van der Waals surface area contributed by atoms with Gasteiger partial charge >= 0.3 is 0 Å². The first-order valence-electron chi connectivity index (χ1n) is 5.89. The lowest BCUT2D eigenvalue weighted by Gasteiger charge is -2.25. The van der Waals surface area contributed by atoms with Gasteiger partial charge in [0.1, 0.15) is 0 Å². The molecule has 18 heavy (non-hydrogen) atoms. The summed E-state index contributed by atoms with van der Waals surface area (Å²) in [5.41, 5.74) is 3.56. The van der Waals surface area contributed by atoms with E-state index in [1.165, 1.54) is 5.57 Å². The maximum Gasteiger partial charge on any atom is 0.219 e. The van der Waals surface area contributed by atoms with Gasteiger partial charge in [0.05, 0.1) is 5.02 Å². The van der Waals surface area contributed by atoms with Crippen LogP contribution in [-0.2, 0) is 4.79 Å². The number of amides is 1. The quantitative estimate of drug-likeness (QED) is 0.761. The summed E-state index contributed by atoms with van der Waals surface area (Å²) in [6, 6.07) is 4.11. The minimum Gasteiger partial charge on any atom is -0.339 e. The van der Waals surface area contributed by atoms with Gasteiger partial charge < -0.3 is 4.90 Å². The molecule has 0 bridgehead atoms. The van der Waals surface area contributed by atoms with Crippen LogP contribution in [0.3, 0.4) is 0 Å². The van der Waals surface area contributed by atoms with E-state index in [2.05, 4.69) is 28.1 Å². The van der Waals surface area contributed by atoms with Crippen LogP contribution in [0.5, 0.6) is 0 Å². The van der Waals surface area contributed by atoms with Crippen molar-refractivity contribution in [3.8, 4) is 0 Å². The van der Waals surface area contributed by atoms with E-state index in [9.17, 15) is 4.79 Å². The van der Waals surface area contributed by atoms with E-state index >= 15 is 0 Å². The number of benzene rings is 1. The standard InChI is InChI=1S/C14H15BrClNO/c1-9-7-12(8-13(16)14(9)15)11-3-5-17(6-4-11)10(2)18/h3,7-8H,4-6H2,1-2H3. The third-order valence-electron chi connectivity index (χ3n) is 3.24. The third kappa shape index (κ3) is 2.78. The van der Waals surface area contributed by atoms with Gasteiger partial charge in [0, 0.05) is 24.5 Å². The zero-order valence-corrected chi connectivity index (χ0v) is 12.8. The molecule has 0 unspecified atom stereocenters. The van der Waals surface area contributed by atoms with Crippen molar-refractivity contribution in [2.24, 2.45) is 0 Å². The van der Waals surface area contributed by atoms with Crippen LogP contribution < -0.4 is 0 Å². The molecule has 4 heteroatoms. The second-order valence-corrected chi connectivity index (χ2v) is 5.73. The summed E-state index contributed by atoms with van der Waals surface area (Å²) in [5.74, 6) is 0.135. The average Bonchev–Trinajstić information content (AvgIpc) is 2.35. The van der Waals surface area contributed by atoms with Crippen LogP contribution in [0.2, 0.25) is 5.02 Å². The molecule has 1 amide bonds. The fraction of sp³-hybridized carbons (Fsp3) is 0.357. The van der Waals surface area contributed by atoms with Crippen molar-refractivity contribution in [3.63, 3.8) is 0 Å². The van der Waals surface area contributed by atoms with Crippen LogP contribution in [0, 0.1) is 6.92 Å². The molecule has 0 saturated carbocycles. The maximum atomic E-state index is 11.3. The highest BCUT2D eigenvalue weighted by atomic mass is 79.9. The Morgan fingerprint density at radius 1 is 1.44 bits per heavy atom. The number of aryl methyl sites for hydroxylation is 1. The lowest BCUT2D eigenvalue weighted by molar-refractivity contribution is -0.128. The number of rotatable bonds is 1. The average molecular weight is 329 g/mol. The highest BCUT2D eigenvalue weighted by molar-refractivity contribution is 9.10. The summed E-state index contributed by atoms with van der Waals surface area (Å²) in [6.45, 7) is 5.12. The fourth-order valence-corrected chi connectivity index (χ4v) is 2.62. The Morgan fingerprint density at radius 2 is 2.17 bits per heavy atom. The van der Waals surface area contributed by atoms with Gasteiger partial charge in [-0.05, 0) is 52.0 Å². The van der Waals surface area contributed by atoms with E-state index in [-0.39, 0.29) is 5.91 Å². The molecule has 0 radical (unpaired) electrons. The number of carbonyl (C=O) groups is 1. The van der Waals surface area contributed by atoms with Crippen molar-refractivity contribution in [1.29, 1.82) is 0 Å². The lowest BCUT2D eigenvalue weighted by atomic mass is 9.98. The molecule has 1 heterocycles. The molecular weight excluding hydrogens is 314 g/mol. The predicted octanol–water partition coefficient (Wildman–Crippen LogP) is 4.05. The molecule has 0 aromatic heterocycles.